The van der Waals surface area contributed by atoms with Crippen molar-refractivity contribution in [1.82, 2.24) is 9.97 Å². The van der Waals surface area contributed by atoms with Gasteiger partial charge in [0.1, 0.15) is 29.7 Å². The summed E-state index contributed by atoms with van der Waals surface area (Å²) in [6.45, 7) is 3.86. The van der Waals surface area contributed by atoms with E-state index in [1.807, 2.05) is 26.0 Å². The van der Waals surface area contributed by atoms with Gasteiger partial charge in [-0.25, -0.2) is 4.98 Å². The molecule has 0 aliphatic heterocycles. The molecule has 0 aliphatic carbocycles. The van der Waals surface area contributed by atoms with Crippen molar-refractivity contribution in [2.75, 3.05) is 5.32 Å². The zero-order chi connectivity index (χ0) is 16.1. The summed E-state index contributed by atoms with van der Waals surface area (Å²) in [6.07, 6.45) is 0. The molecular weight excluding hydrogens is 276 g/mol. The Bertz CT molecular complexity index is 832. The molecule has 2 rings (SSSR count). The van der Waals surface area contributed by atoms with Gasteiger partial charge in [0, 0.05) is 16.9 Å². The van der Waals surface area contributed by atoms with Crippen LogP contribution in [0.25, 0.3) is 11.4 Å². The fraction of sp³-hybridized carbons (Fsp3) is 0.125. The van der Waals surface area contributed by atoms with Crippen LogP contribution >= 0.6 is 0 Å². The monoisotopic (exact) mass is 288 g/mol. The molecule has 1 aromatic heterocycles. The molecular formula is C16H12N6. The summed E-state index contributed by atoms with van der Waals surface area (Å²) in [5.74, 6) is 0.724. The van der Waals surface area contributed by atoms with E-state index in [4.69, 9.17) is 15.8 Å². The van der Waals surface area contributed by atoms with E-state index in [9.17, 15) is 0 Å². The lowest BCUT2D eigenvalue weighted by Gasteiger charge is -2.06. The lowest BCUT2D eigenvalue weighted by atomic mass is 10.1. The maximum absolute atomic E-state index is 9.05. The third kappa shape index (κ3) is 2.95. The highest BCUT2D eigenvalue weighted by molar-refractivity contribution is 5.66. The second kappa shape index (κ2) is 6.26. The van der Waals surface area contributed by atoms with Crippen LogP contribution in [0.1, 0.15) is 11.4 Å². The predicted molar refractivity (Wildman–Crippen MR) is 81.0 cm³/mol. The van der Waals surface area contributed by atoms with Gasteiger partial charge < -0.3 is 10.3 Å². The van der Waals surface area contributed by atoms with Crippen LogP contribution < -0.4 is 5.32 Å². The molecule has 1 aromatic carbocycles. The van der Waals surface area contributed by atoms with Gasteiger partial charge in [0.05, 0.1) is 5.69 Å². The highest BCUT2D eigenvalue weighted by Crippen LogP contribution is 2.22. The van der Waals surface area contributed by atoms with Gasteiger partial charge in [0.2, 0.25) is 0 Å². The number of allylic oxidation sites excluding steroid dienone is 2. The zero-order valence-corrected chi connectivity index (χ0v) is 12.1. The molecule has 0 spiro atoms. The quantitative estimate of drug-likeness (QED) is 0.843. The fourth-order valence-electron chi connectivity index (χ4n) is 1.86. The van der Waals surface area contributed by atoms with E-state index in [0.717, 1.165) is 22.8 Å². The Labute approximate surface area is 128 Å². The first-order chi connectivity index (χ1) is 10.6. The summed E-state index contributed by atoms with van der Waals surface area (Å²) in [6, 6.07) is 12.4. The number of H-pyrrole nitrogens is 1. The van der Waals surface area contributed by atoms with Crippen molar-refractivity contribution in [2.24, 2.45) is 0 Å². The smallest absolute Gasteiger partial charge is 0.163 e. The molecule has 0 aliphatic rings. The Hall–Kier alpha value is -3.56. The number of rotatable bonds is 3. The van der Waals surface area contributed by atoms with E-state index < -0.39 is 0 Å². The molecule has 0 amide bonds. The number of hydrogen-bond donors (Lipinski definition) is 2. The fourth-order valence-corrected chi connectivity index (χ4v) is 1.86. The molecule has 22 heavy (non-hydrogen) atoms. The first-order valence-electron chi connectivity index (χ1n) is 6.44. The first kappa shape index (κ1) is 14.8. The molecule has 0 bridgehead atoms. The maximum Gasteiger partial charge on any atom is 0.163 e. The van der Waals surface area contributed by atoms with Crippen molar-refractivity contribution in [3.8, 4) is 29.6 Å². The maximum atomic E-state index is 9.05. The van der Waals surface area contributed by atoms with Crippen LogP contribution in [0.5, 0.6) is 0 Å². The Kier molecular flexibility index (Phi) is 4.22. The van der Waals surface area contributed by atoms with E-state index >= 15 is 0 Å². The summed E-state index contributed by atoms with van der Waals surface area (Å²) in [5, 5.41) is 29.5. The number of imidazole rings is 1. The van der Waals surface area contributed by atoms with E-state index in [1.54, 1.807) is 30.3 Å². The van der Waals surface area contributed by atoms with E-state index in [2.05, 4.69) is 15.3 Å². The van der Waals surface area contributed by atoms with Gasteiger partial charge in [-0.05, 0) is 26.0 Å². The Balaban J connectivity index is 2.38. The molecule has 0 fully saturated rings. The second-order valence-corrected chi connectivity index (χ2v) is 4.59. The SMILES string of the molecule is Cc1nc(-c2cccc(NC(C#N)=C(C#N)C#N)c2)[nH]c1C. The molecule has 2 aromatic rings. The minimum atomic E-state index is -0.252. The van der Waals surface area contributed by atoms with Crippen molar-refractivity contribution in [2.45, 2.75) is 13.8 Å². The minimum absolute atomic E-state index is 0.0750. The summed E-state index contributed by atoms with van der Waals surface area (Å²) in [4.78, 5) is 7.60. The third-order valence-corrected chi connectivity index (χ3v) is 3.12. The zero-order valence-electron chi connectivity index (χ0n) is 12.1. The van der Waals surface area contributed by atoms with Crippen molar-refractivity contribution < 1.29 is 0 Å². The van der Waals surface area contributed by atoms with Crippen LogP contribution in [0, 0.1) is 47.8 Å². The van der Waals surface area contributed by atoms with Gasteiger partial charge in [0.25, 0.3) is 0 Å². The largest absolute Gasteiger partial charge is 0.345 e. The average Bonchev–Trinajstić information content (AvgIpc) is 2.87. The van der Waals surface area contributed by atoms with E-state index in [0.29, 0.717) is 5.69 Å². The third-order valence-electron chi connectivity index (χ3n) is 3.12. The number of aryl methyl sites for hydroxylation is 2. The molecule has 1 heterocycles. The average molecular weight is 288 g/mol. The molecule has 6 nitrogen and oxygen atoms in total. The highest BCUT2D eigenvalue weighted by atomic mass is 14.9. The van der Waals surface area contributed by atoms with Crippen LogP contribution in [-0.4, -0.2) is 9.97 Å². The van der Waals surface area contributed by atoms with Gasteiger partial charge in [-0.3, -0.25) is 0 Å². The summed E-state index contributed by atoms with van der Waals surface area (Å²) < 4.78 is 0. The number of nitrogens with one attached hydrogen (secondary N) is 2. The van der Waals surface area contributed by atoms with Gasteiger partial charge in [-0.15, -0.1) is 0 Å². The molecule has 0 atom stereocenters. The standard InChI is InChI=1S/C16H12N6/c1-10-11(2)21-16(20-10)12-4-3-5-14(6-12)22-15(9-19)13(7-17)8-18/h3-6,22H,1-2H3,(H,20,21). The number of benzene rings is 1. The summed E-state index contributed by atoms with van der Waals surface area (Å²) in [5.41, 5.74) is 3.02. The summed E-state index contributed by atoms with van der Waals surface area (Å²) in [7, 11) is 0. The van der Waals surface area contributed by atoms with Gasteiger partial charge in [-0.2, -0.15) is 15.8 Å². The van der Waals surface area contributed by atoms with Crippen molar-refractivity contribution >= 4 is 5.69 Å². The predicted octanol–water partition coefficient (Wildman–Crippen LogP) is 2.93. The van der Waals surface area contributed by atoms with Crippen LogP contribution in [0.15, 0.2) is 35.5 Å². The number of nitriles is 3. The second-order valence-electron chi connectivity index (χ2n) is 4.59. The van der Waals surface area contributed by atoms with Crippen molar-refractivity contribution in [3.63, 3.8) is 0 Å². The topological polar surface area (TPSA) is 112 Å². The normalized spacial score (nSPS) is 9.23. The molecule has 2 N–H and O–H groups in total. The Morgan fingerprint density at radius 1 is 1.14 bits per heavy atom. The lowest BCUT2D eigenvalue weighted by molar-refractivity contribution is 1.22. The van der Waals surface area contributed by atoms with Crippen LogP contribution in [0.4, 0.5) is 5.69 Å². The van der Waals surface area contributed by atoms with E-state index in [1.165, 1.54) is 0 Å². The number of anilines is 1. The van der Waals surface area contributed by atoms with Crippen LogP contribution in [0.2, 0.25) is 0 Å². The number of aromatic amines is 1. The lowest BCUT2D eigenvalue weighted by Crippen LogP contribution is -2.00. The number of nitrogens with zero attached hydrogens (tertiary/aromatic N) is 4. The molecule has 106 valence electrons. The van der Waals surface area contributed by atoms with Gasteiger partial charge in [-0.1, -0.05) is 12.1 Å². The Morgan fingerprint density at radius 2 is 1.86 bits per heavy atom. The molecule has 0 saturated heterocycles. The van der Waals surface area contributed by atoms with Crippen molar-refractivity contribution in [3.05, 3.63) is 46.9 Å². The Morgan fingerprint density at radius 3 is 2.41 bits per heavy atom. The van der Waals surface area contributed by atoms with Crippen LogP contribution in [0.3, 0.4) is 0 Å². The highest BCUT2D eigenvalue weighted by Gasteiger charge is 2.09. The van der Waals surface area contributed by atoms with Gasteiger partial charge >= 0.3 is 0 Å². The molecule has 0 saturated carbocycles. The van der Waals surface area contributed by atoms with Gasteiger partial charge in [0.15, 0.2) is 5.57 Å². The number of hydrogen-bond acceptors (Lipinski definition) is 5. The molecule has 0 radical (unpaired) electrons. The number of aromatic nitrogens is 2. The molecule has 0 unspecified atom stereocenters. The summed E-state index contributed by atoms with van der Waals surface area (Å²) >= 11 is 0. The molecule has 6 heteroatoms. The van der Waals surface area contributed by atoms with E-state index in [-0.39, 0.29) is 11.3 Å². The van der Waals surface area contributed by atoms with Crippen molar-refractivity contribution in [1.29, 1.82) is 15.8 Å². The minimum Gasteiger partial charge on any atom is -0.345 e. The first-order valence-corrected chi connectivity index (χ1v) is 6.44. The van der Waals surface area contributed by atoms with Crippen LogP contribution in [-0.2, 0) is 0 Å².